The second-order valence-corrected chi connectivity index (χ2v) is 6.25. The third-order valence-corrected chi connectivity index (χ3v) is 4.95. The molecule has 1 aromatic rings. The number of halogens is 2. The van der Waals surface area contributed by atoms with Crippen molar-refractivity contribution in [2.24, 2.45) is 11.3 Å². The molecule has 1 N–H and O–H groups in total. The number of aliphatic carboxylic acids is 1. The summed E-state index contributed by atoms with van der Waals surface area (Å²) in [5.74, 6) is -2.45. The van der Waals surface area contributed by atoms with Crippen LogP contribution in [-0.2, 0) is 16.0 Å². The lowest BCUT2D eigenvalue weighted by atomic mass is 9.90. The monoisotopic (exact) mass is 309 g/mol. The number of carbonyl (C=O) groups excluding carboxylic acids is 1. The Morgan fingerprint density at radius 2 is 1.95 bits per heavy atom. The summed E-state index contributed by atoms with van der Waals surface area (Å²) in [5, 5.41) is 9.04. The van der Waals surface area contributed by atoms with E-state index in [1.165, 1.54) is 0 Å². The maximum Gasteiger partial charge on any atom is 0.307 e. The predicted octanol–water partition coefficient (Wildman–Crippen LogP) is 2.22. The molecule has 6 heteroatoms. The van der Waals surface area contributed by atoms with E-state index < -0.39 is 17.6 Å². The van der Waals surface area contributed by atoms with E-state index in [1.54, 1.807) is 4.90 Å². The minimum absolute atomic E-state index is 0.0557. The molecule has 0 radical (unpaired) electrons. The molecule has 1 aliphatic carbocycles. The summed E-state index contributed by atoms with van der Waals surface area (Å²) in [7, 11) is 0. The first-order valence-electron chi connectivity index (χ1n) is 7.36. The van der Waals surface area contributed by atoms with Gasteiger partial charge < -0.3 is 10.0 Å². The molecule has 1 spiro atoms. The minimum atomic E-state index is -0.762. The molecule has 1 amide bonds. The zero-order valence-electron chi connectivity index (χ0n) is 12.0. The van der Waals surface area contributed by atoms with Gasteiger partial charge in [0.05, 0.1) is 12.3 Å². The van der Waals surface area contributed by atoms with Gasteiger partial charge in [0.15, 0.2) is 0 Å². The Morgan fingerprint density at radius 1 is 1.27 bits per heavy atom. The molecular weight excluding hydrogens is 292 g/mol. The highest BCUT2D eigenvalue weighted by molar-refractivity contribution is 5.79. The lowest BCUT2D eigenvalue weighted by molar-refractivity contribution is -0.139. The number of amides is 1. The highest BCUT2D eigenvalue weighted by atomic mass is 19.1. The fourth-order valence-corrected chi connectivity index (χ4v) is 3.40. The van der Waals surface area contributed by atoms with Gasteiger partial charge in [0.25, 0.3) is 0 Å². The number of nitrogens with zero attached hydrogens (tertiary/aromatic N) is 1. The molecule has 1 unspecified atom stereocenters. The van der Waals surface area contributed by atoms with Crippen LogP contribution in [0.1, 0.15) is 24.8 Å². The molecule has 22 heavy (non-hydrogen) atoms. The van der Waals surface area contributed by atoms with Gasteiger partial charge in [-0.1, -0.05) is 0 Å². The van der Waals surface area contributed by atoms with E-state index in [9.17, 15) is 18.4 Å². The normalized spacial score (nSPS) is 22.6. The number of carboxylic acids is 1. The molecule has 1 aromatic carbocycles. The number of hydrogen-bond acceptors (Lipinski definition) is 2. The van der Waals surface area contributed by atoms with E-state index in [4.69, 9.17) is 5.11 Å². The summed E-state index contributed by atoms with van der Waals surface area (Å²) in [5.41, 5.74) is -0.0904. The summed E-state index contributed by atoms with van der Waals surface area (Å²) >= 11 is 0. The zero-order valence-corrected chi connectivity index (χ0v) is 12.0. The molecular formula is C16H17F2NO3. The SMILES string of the molecule is O=C(O)C1CC12CCN(C(=O)Cc1cc(F)ccc1F)CC2. The number of likely N-dealkylation sites (tertiary alicyclic amines) is 1. The molecule has 2 aliphatic rings. The third kappa shape index (κ3) is 2.69. The Labute approximate surface area is 126 Å². The van der Waals surface area contributed by atoms with E-state index in [2.05, 4.69) is 0 Å². The van der Waals surface area contributed by atoms with Crippen molar-refractivity contribution in [3.05, 3.63) is 35.4 Å². The Hall–Kier alpha value is -1.98. The maximum absolute atomic E-state index is 13.6. The first kappa shape index (κ1) is 14.9. The van der Waals surface area contributed by atoms with Crippen molar-refractivity contribution in [1.82, 2.24) is 4.90 Å². The van der Waals surface area contributed by atoms with Gasteiger partial charge in [0.1, 0.15) is 11.6 Å². The van der Waals surface area contributed by atoms with Crippen LogP contribution in [0.25, 0.3) is 0 Å². The van der Waals surface area contributed by atoms with Crippen molar-refractivity contribution in [3.8, 4) is 0 Å². The molecule has 118 valence electrons. The Balaban J connectivity index is 1.59. The van der Waals surface area contributed by atoms with E-state index in [0.717, 1.165) is 18.2 Å². The van der Waals surface area contributed by atoms with Crippen LogP contribution < -0.4 is 0 Å². The predicted molar refractivity (Wildman–Crippen MR) is 74.1 cm³/mol. The molecule has 2 fully saturated rings. The standard InChI is InChI=1S/C16H17F2NO3/c17-11-1-2-13(18)10(7-11)8-14(20)19-5-3-16(4-6-19)9-12(16)15(21)22/h1-2,7,12H,3-6,8-9H2,(H,21,22). The van der Waals surface area contributed by atoms with Crippen LogP contribution in [0.5, 0.6) is 0 Å². The quantitative estimate of drug-likeness (QED) is 0.931. The van der Waals surface area contributed by atoms with Gasteiger partial charge in [-0.3, -0.25) is 9.59 Å². The number of carboxylic acid groups (broad SMARTS) is 1. The van der Waals surface area contributed by atoms with Gasteiger partial charge in [-0.25, -0.2) is 8.78 Å². The van der Waals surface area contributed by atoms with Crippen LogP contribution in [0.3, 0.4) is 0 Å². The van der Waals surface area contributed by atoms with Crippen LogP contribution in [0.2, 0.25) is 0 Å². The van der Waals surface area contributed by atoms with Crippen LogP contribution in [0.15, 0.2) is 18.2 Å². The van der Waals surface area contributed by atoms with E-state index in [1.807, 2.05) is 0 Å². The van der Waals surface area contributed by atoms with Gasteiger partial charge >= 0.3 is 5.97 Å². The highest BCUT2D eigenvalue weighted by Gasteiger charge is 2.59. The van der Waals surface area contributed by atoms with Crippen LogP contribution in [0.4, 0.5) is 8.78 Å². The van der Waals surface area contributed by atoms with E-state index in [0.29, 0.717) is 32.4 Å². The van der Waals surface area contributed by atoms with Gasteiger partial charge in [-0.05, 0) is 42.9 Å². The second kappa shape index (κ2) is 5.34. The Morgan fingerprint density at radius 3 is 2.55 bits per heavy atom. The molecule has 0 bridgehead atoms. The zero-order chi connectivity index (χ0) is 15.9. The molecule has 1 aliphatic heterocycles. The van der Waals surface area contributed by atoms with Crippen molar-refractivity contribution < 1.29 is 23.5 Å². The molecule has 3 rings (SSSR count). The summed E-state index contributed by atoms with van der Waals surface area (Å²) in [6, 6.07) is 3.08. The first-order valence-corrected chi connectivity index (χ1v) is 7.36. The average Bonchev–Trinajstić information content (AvgIpc) is 3.18. The average molecular weight is 309 g/mol. The summed E-state index contributed by atoms with van der Waals surface area (Å²) < 4.78 is 26.7. The number of carbonyl (C=O) groups is 2. The number of benzene rings is 1. The molecule has 1 saturated heterocycles. The fourth-order valence-electron chi connectivity index (χ4n) is 3.40. The van der Waals surface area contributed by atoms with Crippen molar-refractivity contribution in [3.63, 3.8) is 0 Å². The Kier molecular flexibility index (Phi) is 3.62. The minimum Gasteiger partial charge on any atom is -0.481 e. The Bertz CT molecular complexity index is 624. The summed E-state index contributed by atoms with van der Waals surface area (Å²) in [6.45, 7) is 0.971. The molecule has 1 saturated carbocycles. The van der Waals surface area contributed by atoms with Crippen LogP contribution in [-0.4, -0.2) is 35.0 Å². The summed E-state index contributed by atoms with van der Waals surface area (Å²) in [6.07, 6.45) is 1.85. The van der Waals surface area contributed by atoms with Crippen molar-refractivity contribution >= 4 is 11.9 Å². The topological polar surface area (TPSA) is 57.6 Å². The van der Waals surface area contributed by atoms with Crippen molar-refractivity contribution in [2.75, 3.05) is 13.1 Å². The highest BCUT2D eigenvalue weighted by Crippen LogP contribution is 2.59. The summed E-state index contributed by atoms with van der Waals surface area (Å²) in [4.78, 5) is 24.8. The number of piperidine rings is 1. The first-order chi connectivity index (χ1) is 10.4. The van der Waals surface area contributed by atoms with Crippen molar-refractivity contribution in [2.45, 2.75) is 25.7 Å². The van der Waals surface area contributed by atoms with Gasteiger partial charge in [-0.15, -0.1) is 0 Å². The molecule has 1 atom stereocenters. The lowest BCUT2D eigenvalue weighted by Crippen LogP contribution is -2.40. The van der Waals surface area contributed by atoms with Gasteiger partial charge in [0, 0.05) is 18.7 Å². The smallest absolute Gasteiger partial charge is 0.307 e. The van der Waals surface area contributed by atoms with Crippen LogP contribution in [0, 0.1) is 23.0 Å². The van der Waals surface area contributed by atoms with Gasteiger partial charge in [-0.2, -0.15) is 0 Å². The fraction of sp³-hybridized carbons (Fsp3) is 0.500. The van der Waals surface area contributed by atoms with Gasteiger partial charge in [0.2, 0.25) is 5.91 Å². The molecule has 0 aromatic heterocycles. The number of hydrogen-bond donors (Lipinski definition) is 1. The van der Waals surface area contributed by atoms with Crippen LogP contribution >= 0.6 is 0 Å². The van der Waals surface area contributed by atoms with E-state index >= 15 is 0 Å². The largest absolute Gasteiger partial charge is 0.481 e. The molecule has 4 nitrogen and oxygen atoms in total. The maximum atomic E-state index is 13.6. The van der Waals surface area contributed by atoms with E-state index in [-0.39, 0.29) is 29.2 Å². The molecule has 1 heterocycles. The number of rotatable bonds is 3. The third-order valence-electron chi connectivity index (χ3n) is 4.95. The van der Waals surface area contributed by atoms with Crippen molar-refractivity contribution in [1.29, 1.82) is 0 Å². The second-order valence-electron chi connectivity index (χ2n) is 6.25. The lowest BCUT2D eigenvalue weighted by Gasteiger charge is -2.32.